The summed E-state index contributed by atoms with van der Waals surface area (Å²) < 4.78 is 10.3. The molecule has 0 saturated heterocycles. The van der Waals surface area contributed by atoms with E-state index in [1.807, 2.05) is 0 Å². The minimum absolute atomic E-state index is 0.0200. The first-order valence-corrected chi connectivity index (χ1v) is 9.32. The summed E-state index contributed by atoms with van der Waals surface area (Å²) in [5, 5.41) is 24.1. The highest BCUT2D eigenvalue weighted by Gasteiger charge is 2.29. The number of phenols is 1. The molecule has 1 aliphatic rings. The Bertz CT molecular complexity index is 798. The molecule has 2 atom stereocenters. The average Bonchev–Trinajstić information content (AvgIpc) is 2.65. The number of carboxylic acid groups (broad SMARTS) is 1. The van der Waals surface area contributed by atoms with Crippen LogP contribution in [0.25, 0.3) is 0 Å². The van der Waals surface area contributed by atoms with Crippen molar-refractivity contribution in [3.8, 4) is 11.5 Å². The molecule has 0 bridgehead atoms. The number of aromatic hydroxyl groups is 1. The van der Waals surface area contributed by atoms with Crippen molar-refractivity contribution in [1.82, 2.24) is 10.6 Å². The second-order valence-electron chi connectivity index (χ2n) is 5.93. The monoisotopic (exact) mass is 412 g/mol. The van der Waals surface area contributed by atoms with Crippen LogP contribution in [-0.2, 0) is 24.9 Å². The number of fused-ring (bicyclic) bond motifs is 1. The fraction of sp³-hybridized carbons (Fsp3) is 0.412. The van der Waals surface area contributed by atoms with Gasteiger partial charge in [0.1, 0.15) is 30.2 Å². The third-order valence-electron chi connectivity index (χ3n) is 4.16. The van der Waals surface area contributed by atoms with E-state index in [0.717, 1.165) is 11.8 Å². The molecule has 0 unspecified atom stereocenters. The molecule has 0 radical (unpaired) electrons. The summed E-state index contributed by atoms with van der Waals surface area (Å²) in [6.07, 6.45) is 0.253. The van der Waals surface area contributed by atoms with E-state index in [1.165, 1.54) is 13.2 Å². The van der Waals surface area contributed by atoms with Crippen molar-refractivity contribution in [2.75, 3.05) is 19.5 Å². The quantitative estimate of drug-likeness (QED) is 0.389. The number of hydrogen-bond donors (Lipinski definition) is 4. The first-order valence-electron chi connectivity index (χ1n) is 8.17. The van der Waals surface area contributed by atoms with Crippen LogP contribution in [0.15, 0.2) is 6.07 Å². The van der Waals surface area contributed by atoms with Crippen LogP contribution in [0.4, 0.5) is 0 Å². The van der Waals surface area contributed by atoms with Gasteiger partial charge < -0.3 is 30.3 Å². The molecule has 0 aromatic heterocycles. The summed E-state index contributed by atoms with van der Waals surface area (Å²) in [6, 6.07) is -1.13. The number of thioether (sulfide) groups is 1. The highest BCUT2D eigenvalue weighted by Crippen LogP contribution is 2.35. The van der Waals surface area contributed by atoms with E-state index in [4.69, 9.17) is 9.47 Å². The van der Waals surface area contributed by atoms with Gasteiger partial charge in [0.15, 0.2) is 0 Å². The first kappa shape index (κ1) is 21.4. The zero-order chi connectivity index (χ0) is 20.8. The maximum atomic E-state index is 12.7. The third kappa shape index (κ3) is 4.66. The van der Waals surface area contributed by atoms with Crippen molar-refractivity contribution in [1.29, 1.82) is 0 Å². The lowest BCUT2D eigenvalue weighted by atomic mass is 10.0. The molecule has 10 nitrogen and oxygen atoms in total. The summed E-state index contributed by atoms with van der Waals surface area (Å²) in [7, 11) is 1.38. The lowest BCUT2D eigenvalue weighted by Gasteiger charge is -2.22. The van der Waals surface area contributed by atoms with E-state index < -0.39 is 36.5 Å². The predicted octanol–water partition coefficient (Wildman–Crippen LogP) is -0.203. The maximum absolute atomic E-state index is 12.7. The van der Waals surface area contributed by atoms with Gasteiger partial charge in [0.2, 0.25) is 12.3 Å². The van der Waals surface area contributed by atoms with E-state index in [0.29, 0.717) is 5.56 Å². The fourth-order valence-corrected chi connectivity index (χ4v) is 3.75. The Labute approximate surface area is 164 Å². The van der Waals surface area contributed by atoms with Crippen LogP contribution in [0.3, 0.4) is 0 Å². The van der Waals surface area contributed by atoms with Gasteiger partial charge in [0.25, 0.3) is 0 Å². The number of nitrogens with one attached hydrogen (secondary N) is 2. The van der Waals surface area contributed by atoms with Crippen LogP contribution >= 0.6 is 11.8 Å². The number of carbonyl (C=O) groups is 4. The number of phenolic OH excluding ortho intramolecular Hbond substituents is 1. The molecule has 1 aliphatic heterocycles. The summed E-state index contributed by atoms with van der Waals surface area (Å²) in [5.74, 6) is -2.69. The van der Waals surface area contributed by atoms with Crippen molar-refractivity contribution >= 4 is 36.0 Å². The number of hydrogen-bond acceptors (Lipinski definition) is 8. The van der Waals surface area contributed by atoms with Gasteiger partial charge in [-0.05, 0) is 6.92 Å². The third-order valence-corrected chi connectivity index (χ3v) is 5.22. The molecular formula is C17H20N2O8S. The predicted molar refractivity (Wildman–Crippen MR) is 98.4 cm³/mol. The number of carbonyl (C=O) groups excluding carboxylic acids is 3. The second kappa shape index (κ2) is 9.31. The van der Waals surface area contributed by atoms with Crippen molar-refractivity contribution in [3.05, 3.63) is 22.8 Å². The molecule has 0 saturated carbocycles. The number of cyclic esters (lactones) is 1. The highest BCUT2D eigenvalue weighted by molar-refractivity contribution is 7.98. The van der Waals surface area contributed by atoms with Crippen LogP contribution in [-0.4, -0.2) is 66.0 Å². The Balaban J connectivity index is 2.48. The van der Waals surface area contributed by atoms with Gasteiger partial charge in [-0.25, -0.2) is 9.59 Å². The van der Waals surface area contributed by atoms with Gasteiger partial charge in [0.05, 0.1) is 12.7 Å². The summed E-state index contributed by atoms with van der Waals surface area (Å²) >= 11 is 1.11. The number of carboxylic acids is 1. The van der Waals surface area contributed by atoms with Crippen LogP contribution < -0.4 is 15.4 Å². The standard InChI is InChI=1S/C17H20N2O8S/c1-8-13(26-2)3-12(21)9-5-28-6-11(16(23)24)19-15(22)10(18-7-20)4-27-17(25)14(8)9/h3,7,10-11,21H,4-6H2,1-2H3,(H,18,20)(H,19,22)(H,23,24)/t10-,11-/m0/s1. The lowest BCUT2D eigenvalue weighted by molar-refractivity contribution is -0.141. The molecule has 0 aliphatic carbocycles. The molecule has 4 N–H and O–H groups in total. The van der Waals surface area contributed by atoms with Crippen LogP contribution in [0, 0.1) is 6.92 Å². The molecular weight excluding hydrogens is 392 g/mol. The van der Waals surface area contributed by atoms with Crippen LogP contribution in [0.2, 0.25) is 0 Å². The zero-order valence-electron chi connectivity index (χ0n) is 15.2. The molecule has 0 fully saturated rings. The number of esters is 1. The zero-order valence-corrected chi connectivity index (χ0v) is 16.0. The summed E-state index contributed by atoms with van der Waals surface area (Å²) in [6.45, 7) is 1.10. The Morgan fingerprint density at radius 3 is 2.79 bits per heavy atom. The normalized spacial score (nSPS) is 20.5. The maximum Gasteiger partial charge on any atom is 0.339 e. The molecule has 1 aromatic rings. The highest BCUT2D eigenvalue weighted by atomic mass is 32.2. The molecule has 11 heteroatoms. The minimum Gasteiger partial charge on any atom is -0.507 e. The number of amides is 2. The second-order valence-corrected chi connectivity index (χ2v) is 6.96. The van der Waals surface area contributed by atoms with Gasteiger partial charge in [-0.2, -0.15) is 11.8 Å². The number of aliphatic carboxylic acids is 1. The van der Waals surface area contributed by atoms with Gasteiger partial charge in [0, 0.05) is 28.7 Å². The molecule has 28 heavy (non-hydrogen) atoms. The van der Waals surface area contributed by atoms with E-state index >= 15 is 0 Å². The van der Waals surface area contributed by atoms with Crippen LogP contribution in [0.5, 0.6) is 11.5 Å². The van der Waals surface area contributed by atoms with Crippen LogP contribution in [0.1, 0.15) is 21.5 Å². The lowest BCUT2D eigenvalue weighted by Crippen LogP contribution is -2.52. The smallest absolute Gasteiger partial charge is 0.339 e. The largest absolute Gasteiger partial charge is 0.507 e. The van der Waals surface area contributed by atoms with E-state index in [-0.39, 0.29) is 40.5 Å². The molecule has 1 heterocycles. The molecule has 0 spiro atoms. The first-order chi connectivity index (χ1) is 13.3. The Hall–Kier alpha value is -2.95. The van der Waals surface area contributed by atoms with Crippen molar-refractivity contribution in [3.63, 3.8) is 0 Å². The summed E-state index contributed by atoms with van der Waals surface area (Å²) in [4.78, 5) is 47.1. The topological polar surface area (TPSA) is 151 Å². The van der Waals surface area contributed by atoms with Gasteiger partial charge >= 0.3 is 11.9 Å². The van der Waals surface area contributed by atoms with Gasteiger partial charge in [-0.1, -0.05) is 0 Å². The number of methoxy groups -OCH3 is 1. The molecule has 2 amide bonds. The molecule has 152 valence electrons. The fourth-order valence-electron chi connectivity index (χ4n) is 2.67. The average molecular weight is 412 g/mol. The van der Waals surface area contributed by atoms with Crippen molar-refractivity contribution < 1.29 is 38.9 Å². The van der Waals surface area contributed by atoms with Gasteiger partial charge in [-0.15, -0.1) is 0 Å². The molecule has 2 rings (SSSR count). The number of rotatable bonds is 4. The Morgan fingerprint density at radius 2 is 2.18 bits per heavy atom. The SMILES string of the molecule is COc1cc(O)c2c(c1C)C(=O)OC[C@H](NC=O)C(=O)N[C@H](C(=O)O)CSC2. The Morgan fingerprint density at radius 1 is 1.46 bits per heavy atom. The number of benzene rings is 1. The van der Waals surface area contributed by atoms with E-state index in [1.54, 1.807) is 6.92 Å². The van der Waals surface area contributed by atoms with Gasteiger partial charge in [-0.3, -0.25) is 9.59 Å². The Kier molecular flexibility index (Phi) is 7.10. The van der Waals surface area contributed by atoms with Crippen molar-refractivity contribution in [2.45, 2.75) is 24.8 Å². The molecule has 1 aromatic carbocycles. The van der Waals surface area contributed by atoms with Crippen molar-refractivity contribution in [2.24, 2.45) is 0 Å². The van der Waals surface area contributed by atoms with E-state index in [9.17, 15) is 29.4 Å². The minimum atomic E-state index is -1.27. The van der Waals surface area contributed by atoms with E-state index in [2.05, 4.69) is 10.6 Å². The number of ether oxygens (including phenoxy) is 2. The summed E-state index contributed by atoms with van der Waals surface area (Å²) in [5.41, 5.74) is 0.767.